The highest BCUT2D eigenvalue weighted by Crippen LogP contribution is 2.27. The fourth-order valence-corrected chi connectivity index (χ4v) is 3.44. The van der Waals surface area contributed by atoms with E-state index in [1.807, 2.05) is 18.2 Å². The average Bonchev–Trinajstić information content (AvgIpc) is 2.78. The zero-order chi connectivity index (χ0) is 22.4. The van der Waals surface area contributed by atoms with Crippen LogP contribution in [0.25, 0.3) is 0 Å². The number of carbonyl (C=O) groups excluding carboxylic acids is 1. The SMILES string of the molecule is CC(C)N(C)Cc1ccccc1CNc1ccc(C(=O)N2CCOCC2)cc1[N+](=O)[O-]. The van der Waals surface area contributed by atoms with Gasteiger partial charge in [-0.2, -0.15) is 0 Å². The van der Waals surface area contributed by atoms with Crippen molar-refractivity contribution in [2.75, 3.05) is 38.7 Å². The smallest absolute Gasteiger partial charge is 0.293 e. The number of hydrogen-bond donors (Lipinski definition) is 1. The zero-order valence-corrected chi connectivity index (χ0v) is 18.3. The van der Waals surface area contributed by atoms with E-state index in [2.05, 4.69) is 37.2 Å². The van der Waals surface area contributed by atoms with E-state index >= 15 is 0 Å². The van der Waals surface area contributed by atoms with E-state index in [0.717, 1.165) is 12.1 Å². The van der Waals surface area contributed by atoms with Crippen LogP contribution in [0.3, 0.4) is 0 Å². The van der Waals surface area contributed by atoms with Crippen molar-refractivity contribution in [2.45, 2.75) is 33.0 Å². The van der Waals surface area contributed by atoms with Gasteiger partial charge in [-0.15, -0.1) is 0 Å². The molecule has 0 aliphatic carbocycles. The van der Waals surface area contributed by atoms with Crippen LogP contribution in [-0.2, 0) is 17.8 Å². The number of anilines is 1. The Morgan fingerprint density at radius 2 is 1.87 bits per heavy atom. The molecule has 1 saturated heterocycles. The maximum atomic E-state index is 12.7. The van der Waals surface area contributed by atoms with Crippen LogP contribution in [0.15, 0.2) is 42.5 Å². The highest BCUT2D eigenvalue weighted by Gasteiger charge is 2.22. The van der Waals surface area contributed by atoms with Crippen molar-refractivity contribution in [1.82, 2.24) is 9.80 Å². The zero-order valence-electron chi connectivity index (χ0n) is 18.3. The number of nitro benzene ring substituents is 1. The molecule has 2 aromatic rings. The van der Waals surface area contributed by atoms with Gasteiger partial charge in [-0.3, -0.25) is 19.8 Å². The summed E-state index contributed by atoms with van der Waals surface area (Å²) in [6, 6.07) is 13.1. The second-order valence-corrected chi connectivity index (χ2v) is 8.02. The van der Waals surface area contributed by atoms with Crippen LogP contribution >= 0.6 is 0 Å². The minimum atomic E-state index is -0.448. The van der Waals surface area contributed by atoms with Crippen LogP contribution < -0.4 is 5.32 Å². The monoisotopic (exact) mass is 426 g/mol. The first-order chi connectivity index (χ1) is 14.9. The first kappa shape index (κ1) is 22.7. The molecule has 3 rings (SSSR count). The Bertz CT molecular complexity index is 926. The van der Waals surface area contributed by atoms with Crippen molar-refractivity contribution in [2.24, 2.45) is 0 Å². The summed E-state index contributed by atoms with van der Waals surface area (Å²) in [6.45, 7) is 7.50. The van der Waals surface area contributed by atoms with E-state index < -0.39 is 4.92 Å². The third-order valence-electron chi connectivity index (χ3n) is 5.63. The Morgan fingerprint density at radius 3 is 2.52 bits per heavy atom. The summed E-state index contributed by atoms with van der Waals surface area (Å²) in [5, 5.41) is 14.9. The number of nitro groups is 1. The molecule has 0 unspecified atom stereocenters. The summed E-state index contributed by atoms with van der Waals surface area (Å²) in [5.41, 5.74) is 2.87. The van der Waals surface area contributed by atoms with Gasteiger partial charge in [0.15, 0.2) is 0 Å². The largest absolute Gasteiger partial charge is 0.378 e. The lowest BCUT2D eigenvalue weighted by molar-refractivity contribution is -0.384. The van der Waals surface area contributed by atoms with Crippen LogP contribution in [-0.4, -0.2) is 60.0 Å². The van der Waals surface area contributed by atoms with Crippen LogP contribution in [0.4, 0.5) is 11.4 Å². The molecular weight excluding hydrogens is 396 g/mol. The van der Waals surface area contributed by atoms with Gasteiger partial charge in [0.1, 0.15) is 5.69 Å². The van der Waals surface area contributed by atoms with Gasteiger partial charge in [0, 0.05) is 43.9 Å². The number of benzene rings is 2. The van der Waals surface area contributed by atoms with E-state index in [1.54, 1.807) is 17.0 Å². The maximum absolute atomic E-state index is 12.7. The number of carbonyl (C=O) groups is 1. The number of nitrogens with zero attached hydrogens (tertiary/aromatic N) is 3. The number of amides is 1. The number of rotatable bonds is 8. The molecule has 8 nitrogen and oxygen atoms in total. The van der Waals surface area contributed by atoms with Crippen LogP contribution in [0.2, 0.25) is 0 Å². The standard InChI is InChI=1S/C23H30N4O4/c1-17(2)25(3)16-20-7-5-4-6-19(20)15-24-21-9-8-18(14-22(21)27(29)30)23(28)26-10-12-31-13-11-26/h4-9,14,17,24H,10-13,15-16H2,1-3H3. The minimum Gasteiger partial charge on any atom is -0.378 e. The number of morpholine rings is 1. The Kier molecular flexibility index (Phi) is 7.59. The van der Waals surface area contributed by atoms with E-state index in [0.29, 0.717) is 50.1 Å². The first-order valence-corrected chi connectivity index (χ1v) is 10.5. The second-order valence-electron chi connectivity index (χ2n) is 8.02. The van der Waals surface area contributed by atoms with Crippen LogP contribution in [0.5, 0.6) is 0 Å². The van der Waals surface area contributed by atoms with Gasteiger partial charge in [-0.05, 0) is 44.2 Å². The van der Waals surface area contributed by atoms with Crippen molar-refractivity contribution < 1.29 is 14.5 Å². The topological polar surface area (TPSA) is 88.0 Å². The lowest BCUT2D eigenvalue weighted by Gasteiger charge is -2.26. The lowest BCUT2D eigenvalue weighted by Crippen LogP contribution is -2.40. The van der Waals surface area contributed by atoms with Gasteiger partial charge >= 0.3 is 0 Å². The van der Waals surface area contributed by atoms with Gasteiger partial charge in [0.25, 0.3) is 11.6 Å². The molecule has 1 N–H and O–H groups in total. The molecule has 1 amide bonds. The van der Waals surface area contributed by atoms with Gasteiger partial charge in [-0.25, -0.2) is 0 Å². The van der Waals surface area contributed by atoms with Crippen molar-refractivity contribution in [3.8, 4) is 0 Å². The van der Waals surface area contributed by atoms with Crippen LogP contribution in [0.1, 0.15) is 35.3 Å². The minimum absolute atomic E-state index is 0.101. The molecule has 0 aromatic heterocycles. The Balaban J connectivity index is 1.76. The normalized spacial score (nSPS) is 14.2. The van der Waals surface area contributed by atoms with E-state index in [1.165, 1.54) is 11.6 Å². The molecule has 31 heavy (non-hydrogen) atoms. The molecule has 2 aromatic carbocycles. The third kappa shape index (κ3) is 5.80. The molecule has 1 aliphatic heterocycles. The van der Waals surface area contributed by atoms with Crippen LogP contribution in [0, 0.1) is 10.1 Å². The summed E-state index contributed by atoms with van der Waals surface area (Å²) < 4.78 is 5.27. The number of nitrogens with one attached hydrogen (secondary N) is 1. The fourth-order valence-electron chi connectivity index (χ4n) is 3.44. The Morgan fingerprint density at radius 1 is 1.19 bits per heavy atom. The summed E-state index contributed by atoms with van der Waals surface area (Å²) in [5.74, 6) is -0.208. The first-order valence-electron chi connectivity index (χ1n) is 10.5. The molecular formula is C23H30N4O4. The third-order valence-corrected chi connectivity index (χ3v) is 5.63. The number of hydrogen-bond acceptors (Lipinski definition) is 6. The molecule has 0 radical (unpaired) electrons. The highest BCUT2D eigenvalue weighted by molar-refractivity contribution is 5.95. The van der Waals surface area contributed by atoms with Crippen molar-refractivity contribution in [1.29, 1.82) is 0 Å². The molecule has 1 heterocycles. The van der Waals surface area contributed by atoms with Gasteiger partial charge in [0.05, 0.1) is 18.1 Å². The summed E-state index contributed by atoms with van der Waals surface area (Å²) in [7, 11) is 2.07. The summed E-state index contributed by atoms with van der Waals surface area (Å²) >= 11 is 0. The summed E-state index contributed by atoms with van der Waals surface area (Å²) in [6.07, 6.45) is 0. The number of ether oxygens (including phenoxy) is 1. The molecule has 1 fully saturated rings. The summed E-state index contributed by atoms with van der Waals surface area (Å²) in [4.78, 5) is 27.8. The molecule has 0 bridgehead atoms. The van der Waals surface area contributed by atoms with E-state index in [9.17, 15) is 14.9 Å². The predicted octanol–water partition coefficient (Wildman–Crippen LogP) is 3.52. The Hall–Kier alpha value is -2.97. The van der Waals surface area contributed by atoms with Gasteiger partial charge in [-0.1, -0.05) is 24.3 Å². The molecule has 1 aliphatic rings. The van der Waals surface area contributed by atoms with E-state index in [-0.39, 0.29) is 11.6 Å². The van der Waals surface area contributed by atoms with Crippen molar-refractivity contribution in [3.05, 3.63) is 69.3 Å². The van der Waals surface area contributed by atoms with Crippen molar-refractivity contribution in [3.63, 3.8) is 0 Å². The molecule has 0 saturated carbocycles. The molecule has 8 heteroatoms. The molecule has 0 atom stereocenters. The average molecular weight is 427 g/mol. The second kappa shape index (κ2) is 10.4. The fraction of sp³-hybridized carbons (Fsp3) is 0.435. The predicted molar refractivity (Wildman–Crippen MR) is 120 cm³/mol. The molecule has 166 valence electrons. The Labute approximate surface area is 182 Å². The molecule has 0 spiro atoms. The maximum Gasteiger partial charge on any atom is 0.293 e. The van der Waals surface area contributed by atoms with Gasteiger partial charge < -0.3 is 15.0 Å². The lowest BCUT2D eigenvalue weighted by atomic mass is 10.1. The van der Waals surface area contributed by atoms with Crippen molar-refractivity contribution >= 4 is 17.3 Å². The quantitative estimate of drug-likeness (QED) is 0.513. The van der Waals surface area contributed by atoms with E-state index in [4.69, 9.17) is 4.74 Å². The van der Waals surface area contributed by atoms with Gasteiger partial charge in [0.2, 0.25) is 0 Å². The highest BCUT2D eigenvalue weighted by atomic mass is 16.6.